The van der Waals surface area contributed by atoms with Gasteiger partial charge in [0.1, 0.15) is 6.29 Å². The van der Waals surface area contributed by atoms with E-state index < -0.39 is 11.6 Å². The maximum absolute atomic E-state index is 14.1. The van der Waals surface area contributed by atoms with Gasteiger partial charge in [-0.3, -0.25) is 0 Å². The summed E-state index contributed by atoms with van der Waals surface area (Å²) in [5, 5.41) is 1.26. The fraction of sp³-hybridized carbons (Fsp3) is 0.522. The number of benzene rings is 2. The first-order valence-corrected chi connectivity index (χ1v) is 9.99. The molecule has 0 atom stereocenters. The Balaban J connectivity index is 1.46. The van der Waals surface area contributed by atoms with E-state index in [1.165, 1.54) is 37.3 Å². The summed E-state index contributed by atoms with van der Waals surface area (Å²) < 4.78 is 27.6. The van der Waals surface area contributed by atoms with E-state index in [0.29, 0.717) is 11.3 Å². The van der Waals surface area contributed by atoms with Gasteiger partial charge in [0.15, 0.2) is 11.6 Å². The second-order valence-electron chi connectivity index (χ2n) is 8.23. The Labute approximate surface area is 153 Å². The number of carbonyl (C=O) groups excluding carboxylic acids is 1. The zero-order chi connectivity index (χ0) is 18.1. The maximum Gasteiger partial charge on any atom is 0.166 e. The fourth-order valence-electron chi connectivity index (χ4n) is 5.33. The Bertz CT molecular complexity index is 784. The standard InChI is InChI=1S/C23H26F2O/c24-22-13-12-20-19(2-1-3-21(20)23(22)25)18-10-8-17(9-11-18)16-6-4-15(14-26)5-7-16/h1-3,12-18H,4-11H2/t15-,16-,17-,18-. The van der Waals surface area contributed by atoms with Gasteiger partial charge in [0.05, 0.1) is 0 Å². The largest absolute Gasteiger partial charge is 0.303 e. The van der Waals surface area contributed by atoms with Gasteiger partial charge >= 0.3 is 0 Å². The van der Waals surface area contributed by atoms with Crippen LogP contribution in [0.4, 0.5) is 8.78 Å². The van der Waals surface area contributed by atoms with Crippen LogP contribution in [0, 0.1) is 29.4 Å². The molecule has 0 saturated heterocycles. The van der Waals surface area contributed by atoms with Crippen LogP contribution in [0.25, 0.3) is 10.8 Å². The number of fused-ring (bicyclic) bond motifs is 1. The number of halogens is 2. The molecule has 4 rings (SSSR count). The summed E-state index contributed by atoms with van der Waals surface area (Å²) in [5.41, 5.74) is 1.17. The number of hydrogen-bond donors (Lipinski definition) is 0. The highest BCUT2D eigenvalue weighted by Crippen LogP contribution is 2.45. The van der Waals surface area contributed by atoms with Crippen LogP contribution in [-0.2, 0) is 4.79 Å². The van der Waals surface area contributed by atoms with Crippen molar-refractivity contribution < 1.29 is 13.6 Å². The van der Waals surface area contributed by atoms with Crippen LogP contribution in [0.1, 0.15) is 62.8 Å². The molecule has 0 aromatic heterocycles. The van der Waals surface area contributed by atoms with Crippen molar-refractivity contribution in [2.75, 3.05) is 0 Å². The molecule has 3 heteroatoms. The van der Waals surface area contributed by atoms with Gasteiger partial charge in [0.2, 0.25) is 0 Å². The molecule has 2 saturated carbocycles. The molecule has 26 heavy (non-hydrogen) atoms. The Kier molecular flexibility index (Phi) is 5.06. The highest BCUT2D eigenvalue weighted by atomic mass is 19.2. The molecule has 0 amide bonds. The van der Waals surface area contributed by atoms with Gasteiger partial charge in [-0.15, -0.1) is 0 Å². The van der Waals surface area contributed by atoms with Crippen molar-refractivity contribution in [1.29, 1.82) is 0 Å². The summed E-state index contributed by atoms with van der Waals surface area (Å²) in [6, 6.07) is 8.59. The third kappa shape index (κ3) is 3.28. The zero-order valence-electron chi connectivity index (χ0n) is 15.1. The van der Waals surface area contributed by atoms with E-state index in [1.54, 1.807) is 12.1 Å². The van der Waals surface area contributed by atoms with E-state index in [4.69, 9.17) is 0 Å². The van der Waals surface area contributed by atoms with Gasteiger partial charge in [0, 0.05) is 11.3 Å². The van der Waals surface area contributed by atoms with E-state index in [9.17, 15) is 13.6 Å². The smallest absolute Gasteiger partial charge is 0.166 e. The molecule has 0 N–H and O–H groups in total. The Morgan fingerprint density at radius 2 is 1.42 bits per heavy atom. The van der Waals surface area contributed by atoms with Crippen LogP contribution in [-0.4, -0.2) is 6.29 Å². The van der Waals surface area contributed by atoms with Crippen molar-refractivity contribution in [1.82, 2.24) is 0 Å². The minimum Gasteiger partial charge on any atom is -0.303 e. The molecule has 0 heterocycles. The first kappa shape index (κ1) is 17.6. The molecule has 2 aliphatic rings. The molecular formula is C23H26F2O. The molecule has 0 aliphatic heterocycles. The summed E-state index contributed by atoms with van der Waals surface area (Å²) in [4.78, 5) is 10.9. The van der Waals surface area contributed by atoms with Crippen LogP contribution in [0.15, 0.2) is 30.3 Å². The first-order valence-electron chi connectivity index (χ1n) is 9.99. The lowest BCUT2D eigenvalue weighted by molar-refractivity contribution is -0.112. The van der Waals surface area contributed by atoms with Crippen LogP contribution < -0.4 is 0 Å². The van der Waals surface area contributed by atoms with Gasteiger partial charge < -0.3 is 4.79 Å². The molecule has 0 radical (unpaired) electrons. The molecule has 1 nitrogen and oxygen atoms in total. The maximum atomic E-state index is 14.1. The van der Waals surface area contributed by atoms with E-state index in [2.05, 4.69) is 6.07 Å². The van der Waals surface area contributed by atoms with Crippen molar-refractivity contribution in [3.05, 3.63) is 47.5 Å². The van der Waals surface area contributed by atoms with Crippen molar-refractivity contribution in [3.63, 3.8) is 0 Å². The summed E-state index contributed by atoms with van der Waals surface area (Å²) >= 11 is 0. The van der Waals surface area contributed by atoms with Crippen LogP contribution >= 0.6 is 0 Å². The number of rotatable bonds is 3. The Morgan fingerprint density at radius 3 is 2.08 bits per heavy atom. The predicted octanol–water partition coefficient (Wildman–Crippen LogP) is 6.40. The molecule has 0 spiro atoms. The molecular weight excluding hydrogens is 330 g/mol. The van der Waals surface area contributed by atoms with E-state index in [1.807, 2.05) is 6.07 Å². The van der Waals surface area contributed by atoms with E-state index in [0.717, 1.165) is 49.2 Å². The second kappa shape index (κ2) is 7.46. The predicted molar refractivity (Wildman–Crippen MR) is 100 cm³/mol. The van der Waals surface area contributed by atoms with Gasteiger partial charge in [-0.05, 0) is 86.1 Å². The second-order valence-corrected chi connectivity index (χ2v) is 8.23. The van der Waals surface area contributed by atoms with Crippen molar-refractivity contribution in [3.8, 4) is 0 Å². The zero-order valence-corrected chi connectivity index (χ0v) is 15.1. The topological polar surface area (TPSA) is 17.1 Å². The highest BCUT2D eigenvalue weighted by molar-refractivity contribution is 5.86. The normalized spacial score (nSPS) is 29.6. The highest BCUT2D eigenvalue weighted by Gasteiger charge is 2.31. The summed E-state index contributed by atoms with van der Waals surface area (Å²) in [6.45, 7) is 0. The average molecular weight is 356 g/mol. The first-order chi connectivity index (χ1) is 12.7. The molecule has 138 valence electrons. The van der Waals surface area contributed by atoms with Gasteiger partial charge in [-0.2, -0.15) is 0 Å². The monoisotopic (exact) mass is 356 g/mol. The molecule has 2 aromatic carbocycles. The lowest BCUT2D eigenvalue weighted by Gasteiger charge is -2.37. The number of hydrogen-bond acceptors (Lipinski definition) is 1. The molecule has 0 bridgehead atoms. The molecule has 2 fully saturated rings. The lowest BCUT2D eigenvalue weighted by Crippen LogP contribution is -2.25. The third-order valence-corrected chi connectivity index (χ3v) is 6.87. The fourth-order valence-corrected chi connectivity index (χ4v) is 5.33. The summed E-state index contributed by atoms with van der Waals surface area (Å²) in [5.74, 6) is 0.753. The number of aldehydes is 1. The van der Waals surface area contributed by atoms with E-state index in [-0.39, 0.29) is 5.92 Å². The molecule has 2 aromatic rings. The van der Waals surface area contributed by atoms with E-state index >= 15 is 0 Å². The average Bonchev–Trinajstić information content (AvgIpc) is 2.71. The third-order valence-electron chi connectivity index (χ3n) is 6.87. The van der Waals surface area contributed by atoms with Gasteiger partial charge in [-0.25, -0.2) is 8.78 Å². The van der Waals surface area contributed by atoms with Gasteiger partial charge in [-0.1, -0.05) is 24.3 Å². The molecule has 2 aliphatic carbocycles. The minimum atomic E-state index is -0.774. The van der Waals surface area contributed by atoms with Crippen molar-refractivity contribution >= 4 is 17.1 Å². The Hall–Kier alpha value is -1.77. The molecule has 0 unspecified atom stereocenters. The van der Waals surface area contributed by atoms with Crippen LogP contribution in [0.5, 0.6) is 0 Å². The summed E-state index contributed by atoms with van der Waals surface area (Å²) in [7, 11) is 0. The minimum absolute atomic E-state index is 0.286. The van der Waals surface area contributed by atoms with Crippen LogP contribution in [0.3, 0.4) is 0 Å². The lowest BCUT2D eigenvalue weighted by atomic mass is 9.68. The number of carbonyl (C=O) groups is 1. The van der Waals surface area contributed by atoms with Crippen molar-refractivity contribution in [2.45, 2.75) is 57.3 Å². The van der Waals surface area contributed by atoms with Crippen molar-refractivity contribution in [2.24, 2.45) is 17.8 Å². The van der Waals surface area contributed by atoms with Crippen LogP contribution in [0.2, 0.25) is 0 Å². The Morgan fingerprint density at radius 1 is 0.769 bits per heavy atom. The summed E-state index contributed by atoms with van der Waals surface area (Å²) in [6.07, 6.45) is 10.3. The van der Waals surface area contributed by atoms with Gasteiger partial charge in [0.25, 0.3) is 0 Å². The SMILES string of the molecule is O=C[C@H]1CC[C@H]([C@H]2CC[C@H](c3cccc4c(F)c(F)ccc43)CC2)CC1. The quantitative estimate of drug-likeness (QED) is 0.582.